The molecule has 0 unspecified atom stereocenters. The van der Waals surface area contributed by atoms with Crippen LogP contribution in [0, 0.1) is 6.92 Å². The molecule has 0 radical (unpaired) electrons. The number of pyridine rings is 1. The van der Waals surface area contributed by atoms with Crippen LogP contribution >= 0.6 is 24.0 Å². The van der Waals surface area contributed by atoms with E-state index in [1.807, 2.05) is 13.0 Å². The maximum absolute atomic E-state index is 13.2. The molecular formula is C21H18N4O3S2. The van der Waals surface area contributed by atoms with Crippen molar-refractivity contribution >= 4 is 51.7 Å². The van der Waals surface area contributed by atoms with Crippen molar-refractivity contribution in [2.24, 2.45) is 0 Å². The van der Waals surface area contributed by atoms with Gasteiger partial charge in [0.25, 0.3) is 11.5 Å². The van der Waals surface area contributed by atoms with E-state index in [-0.39, 0.29) is 18.0 Å². The minimum absolute atomic E-state index is 0.241. The quantitative estimate of drug-likeness (QED) is 0.358. The topological polar surface area (TPSA) is 79.9 Å². The molecule has 0 aromatic carbocycles. The Balaban J connectivity index is 1.78. The third-order valence-electron chi connectivity index (χ3n) is 4.46. The van der Waals surface area contributed by atoms with Crippen molar-refractivity contribution in [3.8, 4) is 0 Å². The van der Waals surface area contributed by atoms with Gasteiger partial charge in [0, 0.05) is 12.7 Å². The van der Waals surface area contributed by atoms with Gasteiger partial charge >= 0.3 is 0 Å². The van der Waals surface area contributed by atoms with Crippen molar-refractivity contribution < 1.29 is 9.21 Å². The molecule has 152 valence electrons. The average Bonchev–Trinajstić information content (AvgIpc) is 3.33. The van der Waals surface area contributed by atoms with E-state index in [0.717, 1.165) is 17.3 Å². The Hall–Kier alpha value is -3.17. The highest BCUT2D eigenvalue weighted by Gasteiger charge is 2.33. The van der Waals surface area contributed by atoms with Crippen LogP contribution in [0.1, 0.15) is 16.9 Å². The second-order valence-electron chi connectivity index (χ2n) is 6.63. The first-order valence-electron chi connectivity index (χ1n) is 9.13. The minimum Gasteiger partial charge on any atom is -0.467 e. The number of anilines is 1. The third-order valence-corrected chi connectivity index (χ3v) is 5.84. The fraction of sp³-hybridized carbons (Fsp3) is 0.143. The molecule has 1 amide bonds. The molecular weight excluding hydrogens is 420 g/mol. The summed E-state index contributed by atoms with van der Waals surface area (Å²) in [6.45, 7) is 6.26. The van der Waals surface area contributed by atoms with Gasteiger partial charge in [-0.1, -0.05) is 36.1 Å². The van der Waals surface area contributed by atoms with Crippen LogP contribution in [0.25, 0.3) is 11.7 Å². The minimum atomic E-state index is -0.273. The molecule has 3 aromatic rings. The van der Waals surface area contributed by atoms with Crippen molar-refractivity contribution in [2.75, 3.05) is 11.9 Å². The number of nitrogens with zero attached hydrogens (tertiary/aromatic N) is 3. The lowest BCUT2D eigenvalue weighted by atomic mass is 10.2. The van der Waals surface area contributed by atoms with E-state index in [1.54, 1.807) is 42.8 Å². The molecule has 1 fully saturated rings. The van der Waals surface area contributed by atoms with Crippen LogP contribution in [0.5, 0.6) is 0 Å². The van der Waals surface area contributed by atoms with E-state index >= 15 is 0 Å². The number of thiocarbonyl (C=S) groups is 1. The van der Waals surface area contributed by atoms with Crippen LogP contribution < -0.4 is 10.9 Å². The number of carbonyl (C=O) groups excluding carboxylic acids is 1. The number of aryl methyl sites for hydroxylation is 1. The molecule has 3 aromatic heterocycles. The van der Waals surface area contributed by atoms with Crippen LogP contribution in [0.4, 0.5) is 5.82 Å². The first kappa shape index (κ1) is 20.1. The zero-order chi connectivity index (χ0) is 21.3. The van der Waals surface area contributed by atoms with Gasteiger partial charge in [0.05, 0.1) is 23.3 Å². The summed E-state index contributed by atoms with van der Waals surface area (Å²) in [6, 6.07) is 7.20. The predicted molar refractivity (Wildman–Crippen MR) is 122 cm³/mol. The number of hydrogen-bond acceptors (Lipinski definition) is 7. The number of fused-ring (bicyclic) bond motifs is 1. The lowest BCUT2D eigenvalue weighted by Gasteiger charge is -2.12. The molecule has 1 aliphatic heterocycles. The number of hydrogen-bond donors (Lipinski definition) is 1. The summed E-state index contributed by atoms with van der Waals surface area (Å²) >= 11 is 6.52. The number of carbonyl (C=O) groups is 1. The van der Waals surface area contributed by atoms with Gasteiger partial charge in [-0.25, -0.2) is 4.98 Å². The molecule has 0 saturated carbocycles. The molecule has 7 nitrogen and oxygen atoms in total. The van der Waals surface area contributed by atoms with E-state index in [4.69, 9.17) is 16.6 Å². The predicted octanol–water partition coefficient (Wildman–Crippen LogP) is 3.60. The number of thioether (sulfide) groups is 1. The first-order chi connectivity index (χ1) is 14.5. The molecule has 0 bridgehead atoms. The van der Waals surface area contributed by atoms with Crippen molar-refractivity contribution in [3.05, 3.63) is 81.5 Å². The van der Waals surface area contributed by atoms with Crippen molar-refractivity contribution in [2.45, 2.75) is 13.5 Å². The smallest absolute Gasteiger partial charge is 0.267 e. The highest BCUT2D eigenvalue weighted by molar-refractivity contribution is 8.26. The zero-order valence-corrected chi connectivity index (χ0v) is 17.8. The Morgan fingerprint density at radius 1 is 1.33 bits per heavy atom. The number of aromatic nitrogens is 2. The third kappa shape index (κ3) is 3.81. The summed E-state index contributed by atoms with van der Waals surface area (Å²) in [4.78, 5) is 32.5. The summed E-state index contributed by atoms with van der Waals surface area (Å²) in [6.07, 6.45) is 6.49. The van der Waals surface area contributed by atoms with Crippen LogP contribution in [0.2, 0.25) is 0 Å². The molecule has 0 spiro atoms. The van der Waals surface area contributed by atoms with Gasteiger partial charge in [0.15, 0.2) is 0 Å². The van der Waals surface area contributed by atoms with Gasteiger partial charge in [-0.3, -0.25) is 18.9 Å². The molecule has 0 atom stereocenters. The van der Waals surface area contributed by atoms with Crippen LogP contribution in [-0.2, 0) is 11.3 Å². The fourth-order valence-corrected chi connectivity index (χ4v) is 4.26. The van der Waals surface area contributed by atoms with Crippen LogP contribution in [-0.4, -0.2) is 31.1 Å². The summed E-state index contributed by atoms with van der Waals surface area (Å²) in [5.41, 5.74) is 1.46. The van der Waals surface area contributed by atoms with Gasteiger partial charge in [0.2, 0.25) is 0 Å². The molecule has 1 N–H and O–H groups in total. The van der Waals surface area contributed by atoms with Gasteiger partial charge < -0.3 is 9.73 Å². The number of rotatable bonds is 6. The summed E-state index contributed by atoms with van der Waals surface area (Å²) in [7, 11) is 0. The van der Waals surface area contributed by atoms with Crippen molar-refractivity contribution in [3.63, 3.8) is 0 Å². The fourth-order valence-electron chi connectivity index (χ4n) is 3.02. The van der Waals surface area contributed by atoms with E-state index in [9.17, 15) is 9.59 Å². The second kappa shape index (κ2) is 8.29. The summed E-state index contributed by atoms with van der Waals surface area (Å²) in [5, 5.41) is 3.09. The Bertz CT molecular complexity index is 1250. The molecule has 4 heterocycles. The largest absolute Gasteiger partial charge is 0.467 e. The zero-order valence-electron chi connectivity index (χ0n) is 16.1. The average molecular weight is 439 g/mol. The lowest BCUT2D eigenvalue weighted by molar-refractivity contribution is -0.122. The standard InChI is InChI=1S/C21H18N4O3S2/c1-3-8-22-18-15(19(26)24-11-13(2)6-7-17(24)23-18)10-16-20(27)25(21(29)30-16)12-14-5-4-9-28-14/h3-7,9-11,22H,1,8,12H2,2H3/b16-10+. The van der Waals surface area contributed by atoms with E-state index < -0.39 is 0 Å². The van der Waals surface area contributed by atoms with Gasteiger partial charge in [-0.05, 0) is 36.8 Å². The molecule has 4 rings (SSSR count). The van der Waals surface area contributed by atoms with E-state index in [2.05, 4.69) is 16.9 Å². The highest BCUT2D eigenvalue weighted by atomic mass is 32.2. The van der Waals surface area contributed by atoms with Crippen LogP contribution in [0.15, 0.2) is 63.5 Å². The van der Waals surface area contributed by atoms with Crippen molar-refractivity contribution in [1.82, 2.24) is 14.3 Å². The van der Waals surface area contributed by atoms with Gasteiger partial charge in [0.1, 0.15) is 21.5 Å². The molecule has 1 aliphatic rings. The number of furan rings is 1. The Kier molecular flexibility index (Phi) is 5.56. The van der Waals surface area contributed by atoms with E-state index in [1.165, 1.54) is 9.30 Å². The number of nitrogens with one attached hydrogen (secondary N) is 1. The Morgan fingerprint density at radius 3 is 2.90 bits per heavy atom. The Labute approximate surface area is 182 Å². The normalized spacial score (nSPS) is 15.4. The summed E-state index contributed by atoms with van der Waals surface area (Å²) < 4.78 is 7.21. The highest BCUT2D eigenvalue weighted by Crippen LogP contribution is 2.34. The second-order valence-corrected chi connectivity index (χ2v) is 8.31. The van der Waals surface area contributed by atoms with Crippen molar-refractivity contribution in [1.29, 1.82) is 0 Å². The summed E-state index contributed by atoms with van der Waals surface area (Å²) in [5.74, 6) is 0.744. The first-order valence-corrected chi connectivity index (χ1v) is 10.4. The van der Waals surface area contributed by atoms with Gasteiger partial charge in [-0.2, -0.15) is 0 Å². The molecule has 0 aliphatic carbocycles. The van der Waals surface area contributed by atoms with Crippen LogP contribution in [0.3, 0.4) is 0 Å². The maximum Gasteiger partial charge on any atom is 0.267 e. The molecule has 30 heavy (non-hydrogen) atoms. The van der Waals surface area contributed by atoms with E-state index in [0.29, 0.717) is 38.6 Å². The maximum atomic E-state index is 13.2. The lowest BCUT2D eigenvalue weighted by Crippen LogP contribution is -2.27. The Morgan fingerprint density at radius 2 is 2.17 bits per heavy atom. The van der Waals surface area contributed by atoms with Gasteiger partial charge in [-0.15, -0.1) is 6.58 Å². The number of amides is 1. The monoisotopic (exact) mass is 438 g/mol. The molecule has 1 saturated heterocycles. The SMILES string of the molecule is C=CCNc1nc2ccc(C)cn2c(=O)c1/C=C1/SC(=S)N(Cc2ccco2)C1=O. The molecule has 9 heteroatoms.